The van der Waals surface area contributed by atoms with Crippen LogP contribution < -0.4 is 4.90 Å². The van der Waals surface area contributed by atoms with Crippen LogP contribution >= 0.6 is 11.3 Å². The zero-order valence-corrected chi connectivity index (χ0v) is 13.2. The SMILES string of the molecule is CCOC(=O)C1CCc2sc(N(C)CCCOC)nc21. The van der Waals surface area contributed by atoms with Gasteiger partial charge in [0.25, 0.3) is 0 Å². The van der Waals surface area contributed by atoms with Gasteiger partial charge >= 0.3 is 5.97 Å². The van der Waals surface area contributed by atoms with Gasteiger partial charge in [0.1, 0.15) is 5.92 Å². The number of fused-ring (bicyclic) bond motifs is 1. The molecule has 1 heterocycles. The minimum absolute atomic E-state index is 0.134. The third kappa shape index (κ3) is 3.30. The molecule has 1 unspecified atom stereocenters. The van der Waals surface area contributed by atoms with E-state index in [1.807, 2.05) is 14.0 Å². The molecule has 0 bridgehead atoms. The minimum atomic E-state index is -0.165. The highest BCUT2D eigenvalue weighted by Gasteiger charge is 2.33. The second-order valence-electron chi connectivity index (χ2n) is 4.92. The van der Waals surface area contributed by atoms with Gasteiger partial charge in [-0.25, -0.2) is 4.98 Å². The molecular weight excluding hydrogens is 276 g/mol. The highest BCUT2D eigenvalue weighted by atomic mass is 32.1. The maximum absolute atomic E-state index is 11.9. The summed E-state index contributed by atoms with van der Waals surface area (Å²) in [6.45, 7) is 3.92. The number of aryl methyl sites for hydroxylation is 1. The van der Waals surface area contributed by atoms with Gasteiger partial charge in [0, 0.05) is 32.2 Å². The molecule has 6 heteroatoms. The summed E-state index contributed by atoms with van der Waals surface area (Å²) < 4.78 is 10.2. The Hall–Kier alpha value is -1.14. The van der Waals surface area contributed by atoms with Crippen molar-refractivity contribution in [2.75, 3.05) is 38.8 Å². The van der Waals surface area contributed by atoms with Crippen molar-refractivity contribution in [3.63, 3.8) is 0 Å². The number of thiazole rings is 1. The van der Waals surface area contributed by atoms with E-state index < -0.39 is 0 Å². The normalized spacial score (nSPS) is 17.1. The smallest absolute Gasteiger partial charge is 0.315 e. The summed E-state index contributed by atoms with van der Waals surface area (Å²) in [5.41, 5.74) is 0.932. The molecular formula is C14H22N2O3S. The first-order valence-electron chi connectivity index (χ1n) is 7.03. The lowest BCUT2D eigenvalue weighted by molar-refractivity contribution is -0.145. The summed E-state index contributed by atoms with van der Waals surface area (Å²) in [4.78, 5) is 19.9. The number of anilines is 1. The van der Waals surface area contributed by atoms with Crippen LogP contribution in [0.25, 0.3) is 0 Å². The molecule has 1 aromatic rings. The lowest BCUT2D eigenvalue weighted by atomic mass is 10.1. The molecule has 1 atom stereocenters. The Kier molecular flexibility index (Phi) is 5.37. The summed E-state index contributed by atoms with van der Waals surface area (Å²) in [6, 6.07) is 0. The zero-order valence-electron chi connectivity index (χ0n) is 12.3. The first kappa shape index (κ1) is 15.3. The second-order valence-corrected chi connectivity index (χ2v) is 5.98. The third-order valence-corrected chi connectivity index (χ3v) is 4.69. The molecule has 20 heavy (non-hydrogen) atoms. The van der Waals surface area contributed by atoms with Gasteiger partial charge < -0.3 is 14.4 Å². The Bertz CT molecular complexity index is 461. The monoisotopic (exact) mass is 298 g/mol. The molecule has 0 aromatic carbocycles. The van der Waals surface area contributed by atoms with Crippen molar-refractivity contribution >= 4 is 22.4 Å². The van der Waals surface area contributed by atoms with Crippen molar-refractivity contribution in [2.24, 2.45) is 0 Å². The summed E-state index contributed by atoms with van der Waals surface area (Å²) in [5, 5.41) is 0.986. The van der Waals surface area contributed by atoms with Crippen LogP contribution in [0, 0.1) is 0 Å². The molecule has 0 radical (unpaired) electrons. The maximum Gasteiger partial charge on any atom is 0.315 e. The molecule has 1 aliphatic carbocycles. The predicted octanol–water partition coefficient (Wildman–Crippen LogP) is 2.21. The number of ether oxygens (including phenoxy) is 2. The number of esters is 1. The van der Waals surface area contributed by atoms with Gasteiger partial charge in [-0.2, -0.15) is 0 Å². The Morgan fingerprint density at radius 3 is 3.05 bits per heavy atom. The van der Waals surface area contributed by atoms with Crippen molar-refractivity contribution in [1.29, 1.82) is 0 Å². The van der Waals surface area contributed by atoms with E-state index in [2.05, 4.69) is 9.88 Å². The van der Waals surface area contributed by atoms with Crippen LogP contribution in [0.2, 0.25) is 0 Å². The van der Waals surface area contributed by atoms with Gasteiger partial charge in [-0.1, -0.05) is 0 Å². The quantitative estimate of drug-likeness (QED) is 0.570. The van der Waals surface area contributed by atoms with Gasteiger partial charge in [-0.05, 0) is 26.2 Å². The van der Waals surface area contributed by atoms with E-state index in [0.29, 0.717) is 6.61 Å². The third-order valence-electron chi connectivity index (χ3n) is 3.45. The molecule has 0 spiro atoms. The number of carbonyl (C=O) groups is 1. The lowest BCUT2D eigenvalue weighted by Crippen LogP contribution is -2.20. The van der Waals surface area contributed by atoms with E-state index in [9.17, 15) is 4.79 Å². The van der Waals surface area contributed by atoms with Gasteiger partial charge in [0.15, 0.2) is 5.13 Å². The number of nitrogens with zero attached hydrogens (tertiary/aromatic N) is 2. The summed E-state index contributed by atoms with van der Waals surface area (Å²) in [6.07, 6.45) is 2.74. The molecule has 2 rings (SSSR count). The lowest BCUT2D eigenvalue weighted by Gasteiger charge is -2.15. The standard InChI is InChI=1S/C14H22N2O3S/c1-4-19-13(17)10-6-7-11-12(10)15-14(20-11)16(2)8-5-9-18-3/h10H,4-9H2,1-3H3. The van der Waals surface area contributed by atoms with Crippen LogP contribution in [0.1, 0.15) is 36.3 Å². The van der Waals surface area contributed by atoms with E-state index in [4.69, 9.17) is 9.47 Å². The van der Waals surface area contributed by atoms with Gasteiger partial charge in [-0.3, -0.25) is 4.79 Å². The summed E-state index contributed by atoms with van der Waals surface area (Å²) >= 11 is 1.69. The molecule has 0 saturated heterocycles. The average molecular weight is 298 g/mol. The highest BCUT2D eigenvalue weighted by molar-refractivity contribution is 7.15. The zero-order chi connectivity index (χ0) is 14.5. The largest absolute Gasteiger partial charge is 0.465 e. The maximum atomic E-state index is 11.9. The van der Waals surface area contributed by atoms with Gasteiger partial charge in [-0.15, -0.1) is 11.3 Å². The van der Waals surface area contributed by atoms with Gasteiger partial charge in [0.05, 0.1) is 12.3 Å². The number of aromatic nitrogens is 1. The first-order valence-corrected chi connectivity index (χ1v) is 7.85. The number of carbonyl (C=O) groups excluding carboxylic acids is 1. The molecule has 1 aromatic heterocycles. The van der Waals surface area contributed by atoms with E-state index in [0.717, 1.165) is 43.2 Å². The Morgan fingerprint density at radius 1 is 1.55 bits per heavy atom. The highest BCUT2D eigenvalue weighted by Crippen LogP contribution is 2.39. The Labute approximate surface area is 123 Å². The van der Waals surface area contributed by atoms with E-state index in [1.165, 1.54) is 4.88 Å². The fraction of sp³-hybridized carbons (Fsp3) is 0.714. The van der Waals surface area contributed by atoms with Crippen molar-refractivity contribution in [1.82, 2.24) is 4.98 Å². The molecule has 0 aliphatic heterocycles. The van der Waals surface area contributed by atoms with Crippen molar-refractivity contribution < 1.29 is 14.3 Å². The molecule has 112 valence electrons. The Balaban J connectivity index is 2.02. The van der Waals surface area contributed by atoms with Crippen molar-refractivity contribution in [3.05, 3.63) is 10.6 Å². The molecule has 0 saturated carbocycles. The summed E-state index contributed by atoms with van der Waals surface area (Å²) in [5.74, 6) is -0.299. The van der Waals surface area contributed by atoms with Crippen LogP contribution in [-0.2, 0) is 20.7 Å². The number of hydrogen-bond donors (Lipinski definition) is 0. The van der Waals surface area contributed by atoms with E-state index >= 15 is 0 Å². The molecule has 0 N–H and O–H groups in total. The fourth-order valence-electron chi connectivity index (χ4n) is 2.39. The van der Waals surface area contributed by atoms with Crippen LogP contribution in [0.5, 0.6) is 0 Å². The average Bonchev–Trinajstić information content (AvgIpc) is 2.98. The van der Waals surface area contributed by atoms with Gasteiger partial charge in [0.2, 0.25) is 0 Å². The van der Waals surface area contributed by atoms with Crippen LogP contribution in [-0.4, -0.2) is 44.9 Å². The molecule has 1 aliphatic rings. The second kappa shape index (κ2) is 7.04. The van der Waals surface area contributed by atoms with Crippen molar-refractivity contribution in [3.8, 4) is 0 Å². The topological polar surface area (TPSA) is 51.7 Å². The number of hydrogen-bond acceptors (Lipinski definition) is 6. The predicted molar refractivity (Wildman–Crippen MR) is 79.6 cm³/mol. The first-order chi connectivity index (χ1) is 9.67. The van der Waals surface area contributed by atoms with Crippen LogP contribution in [0.3, 0.4) is 0 Å². The number of rotatable bonds is 7. The Morgan fingerprint density at radius 2 is 2.35 bits per heavy atom. The summed E-state index contributed by atoms with van der Waals surface area (Å²) in [7, 11) is 3.74. The van der Waals surface area contributed by atoms with E-state index in [-0.39, 0.29) is 11.9 Å². The van der Waals surface area contributed by atoms with E-state index in [1.54, 1.807) is 18.4 Å². The van der Waals surface area contributed by atoms with Crippen molar-refractivity contribution in [2.45, 2.75) is 32.1 Å². The molecule has 0 amide bonds. The molecule has 5 nitrogen and oxygen atoms in total. The number of methoxy groups -OCH3 is 1. The minimum Gasteiger partial charge on any atom is -0.465 e. The van der Waals surface area contributed by atoms with Crippen LogP contribution in [0.4, 0.5) is 5.13 Å². The van der Waals surface area contributed by atoms with Crippen LogP contribution in [0.15, 0.2) is 0 Å². The molecule has 0 fully saturated rings. The fourth-order valence-corrected chi connectivity index (χ4v) is 3.52.